The summed E-state index contributed by atoms with van der Waals surface area (Å²) >= 11 is 1.41. The van der Waals surface area contributed by atoms with Crippen LogP contribution in [0.25, 0.3) is 10.8 Å². The number of anilines is 1. The maximum absolute atomic E-state index is 13.1. The number of carbonyl (C=O) groups is 2. The summed E-state index contributed by atoms with van der Waals surface area (Å²) in [5, 5.41) is 5.42. The van der Waals surface area contributed by atoms with Gasteiger partial charge in [0.25, 0.3) is 0 Å². The second kappa shape index (κ2) is 8.19. The van der Waals surface area contributed by atoms with Gasteiger partial charge in [0, 0.05) is 18.2 Å². The molecule has 3 aromatic rings. The molecule has 6 heteroatoms. The molecule has 1 saturated heterocycles. The SMILES string of the molecule is Cc1ccccc1N=C1SC(CC(=O)Nc2ccc3ccccc3c2)C(=O)N1C1CC1. The lowest BCUT2D eigenvalue weighted by molar-refractivity contribution is -0.128. The van der Waals surface area contributed by atoms with Crippen molar-refractivity contribution < 1.29 is 9.59 Å². The Bertz CT molecular complexity index is 1200. The van der Waals surface area contributed by atoms with E-state index >= 15 is 0 Å². The second-order valence-electron chi connectivity index (χ2n) is 8.04. The largest absolute Gasteiger partial charge is 0.326 e. The van der Waals surface area contributed by atoms with Crippen molar-refractivity contribution >= 4 is 50.9 Å². The highest BCUT2D eigenvalue weighted by atomic mass is 32.2. The fourth-order valence-corrected chi connectivity index (χ4v) is 5.01. The van der Waals surface area contributed by atoms with E-state index in [0.717, 1.165) is 40.6 Å². The number of amidine groups is 1. The zero-order valence-electron chi connectivity index (χ0n) is 17.2. The molecule has 5 rings (SSSR count). The predicted octanol–water partition coefficient (Wildman–Crippen LogP) is 5.27. The summed E-state index contributed by atoms with van der Waals surface area (Å²) in [6.07, 6.45) is 2.12. The number of benzene rings is 3. The predicted molar refractivity (Wildman–Crippen MR) is 127 cm³/mol. The highest BCUT2D eigenvalue weighted by Crippen LogP contribution is 2.39. The number of hydrogen-bond donors (Lipinski definition) is 1. The number of thioether (sulfide) groups is 1. The van der Waals surface area contributed by atoms with Gasteiger partial charge in [-0.3, -0.25) is 14.5 Å². The average molecular weight is 430 g/mol. The van der Waals surface area contributed by atoms with Crippen molar-refractivity contribution in [1.82, 2.24) is 4.90 Å². The van der Waals surface area contributed by atoms with Crippen LogP contribution in [0.15, 0.2) is 71.7 Å². The Morgan fingerprint density at radius 3 is 2.58 bits per heavy atom. The van der Waals surface area contributed by atoms with Crippen LogP contribution >= 0.6 is 11.8 Å². The zero-order valence-corrected chi connectivity index (χ0v) is 18.1. The second-order valence-corrected chi connectivity index (χ2v) is 9.21. The smallest absolute Gasteiger partial charge is 0.242 e. The van der Waals surface area contributed by atoms with Crippen molar-refractivity contribution in [3.05, 3.63) is 72.3 Å². The average Bonchev–Trinajstić information content (AvgIpc) is 3.55. The van der Waals surface area contributed by atoms with Gasteiger partial charge in [-0.2, -0.15) is 0 Å². The molecular weight excluding hydrogens is 406 g/mol. The molecule has 1 aliphatic carbocycles. The summed E-state index contributed by atoms with van der Waals surface area (Å²) in [5.41, 5.74) is 2.67. The van der Waals surface area contributed by atoms with Crippen LogP contribution < -0.4 is 5.32 Å². The molecule has 2 amide bonds. The van der Waals surface area contributed by atoms with Crippen LogP contribution in [-0.2, 0) is 9.59 Å². The van der Waals surface area contributed by atoms with E-state index in [1.54, 1.807) is 0 Å². The molecule has 156 valence electrons. The Kier molecular flexibility index (Phi) is 5.24. The van der Waals surface area contributed by atoms with Gasteiger partial charge in [0.05, 0.1) is 5.69 Å². The molecule has 1 aliphatic heterocycles. The van der Waals surface area contributed by atoms with Crippen LogP contribution in [0, 0.1) is 6.92 Å². The van der Waals surface area contributed by atoms with Crippen molar-refractivity contribution in [3.63, 3.8) is 0 Å². The van der Waals surface area contributed by atoms with Crippen LogP contribution in [0.2, 0.25) is 0 Å². The van der Waals surface area contributed by atoms with Gasteiger partial charge < -0.3 is 5.32 Å². The van der Waals surface area contributed by atoms with Crippen molar-refractivity contribution in [3.8, 4) is 0 Å². The van der Waals surface area contributed by atoms with Gasteiger partial charge in [0.2, 0.25) is 11.8 Å². The Labute approximate surface area is 185 Å². The molecule has 31 heavy (non-hydrogen) atoms. The third-order valence-electron chi connectivity index (χ3n) is 5.61. The number of aryl methyl sites for hydroxylation is 1. The summed E-state index contributed by atoms with van der Waals surface area (Å²) in [5.74, 6) is -0.164. The van der Waals surface area contributed by atoms with Gasteiger partial charge in [0.1, 0.15) is 5.25 Å². The van der Waals surface area contributed by atoms with Crippen LogP contribution in [0.4, 0.5) is 11.4 Å². The van der Waals surface area contributed by atoms with Crippen molar-refractivity contribution in [1.29, 1.82) is 0 Å². The highest BCUT2D eigenvalue weighted by Gasteiger charge is 2.46. The van der Waals surface area contributed by atoms with E-state index in [2.05, 4.69) is 5.32 Å². The van der Waals surface area contributed by atoms with Crippen LogP contribution in [0.1, 0.15) is 24.8 Å². The molecule has 1 atom stereocenters. The number of nitrogens with one attached hydrogen (secondary N) is 1. The number of amides is 2. The molecule has 2 fully saturated rings. The maximum Gasteiger partial charge on any atom is 0.242 e. The van der Waals surface area contributed by atoms with Crippen molar-refractivity contribution in [2.24, 2.45) is 4.99 Å². The number of aliphatic imine (C=N–C) groups is 1. The number of fused-ring (bicyclic) bond motifs is 1. The van der Waals surface area contributed by atoms with Crippen molar-refractivity contribution in [2.45, 2.75) is 37.5 Å². The topological polar surface area (TPSA) is 61.8 Å². The molecule has 0 bridgehead atoms. The monoisotopic (exact) mass is 429 g/mol. The molecule has 3 aromatic carbocycles. The first-order chi connectivity index (χ1) is 15.1. The van der Waals surface area contributed by atoms with Crippen LogP contribution in [-0.4, -0.2) is 33.2 Å². The van der Waals surface area contributed by atoms with Gasteiger partial charge in [0.15, 0.2) is 5.17 Å². The van der Waals surface area contributed by atoms with Gasteiger partial charge in [-0.1, -0.05) is 60.3 Å². The Hall–Kier alpha value is -3.12. The van der Waals surface area contributed by atoms with Crippen LogP contribution in [0.5, 0.6) is 0 Å². The first-order valence-corrected chi connectivity index (χ1v) is 11.4. The van der Waals surface area contributed by atoms with Crippen LogP contribution in [0.3, 0.4) is 0 Å². The molecular formula is C25H23N3O2S. The lowest BCUT2D eigenvalue weighted by Crippen LogP contribution is -2.35. The number of hydrogen-bond acceptors (Lipinski definition) is 4. The Balaban J connectivity index is 1.32. The van der Waals surface area contributed by atoms with Gasteiger partial charge >= 0.3 is 0 Å². The molecule has 1 heterocycles. The van der Waals surface area contributed by atoms with E-state index in [-0.39, 0.29) is 24.3 Å². The third kappa shape index (κ3) is 4.21. The number of para-hydroxylation sites is 1. The summed E-state index contributed by atoms with van der Waals surface area (Å²) in [6.45, 7) is 2.01. The summed E-state index contributed by atoms with van der Waals surface area (Å²) in [7, 11) is 0. The van der Waals surface area contributed by atoms with Gasteiger partial charge in [-0.15, -0.1) is 0 Å². The fraction of sp³-hybridized carbons (Fsp3) is 0.240. The molecule has 0 aromatic heterocycles. The molecule has 0 radical (unpaired) electrons. The minimum absolute atomic E-state index is 0.00602. The van der Waals surface area contributed by atoms with E-state index in [1.807, 2.05) is 78.6 Å². The standard InChI is InChI=1S/C25H23N3O2S/c1-16-6-2-5-9-21(16)27-25-28(20-12-13-20)24(30)22(31-25)15-23(29)26-19-11-10-17-7-3-4-8-18(17)14-19/h2-11,14,20,22H,12-13,15H2,1H3,(H,26,29). The number of carbonyl (C=O) groups excluding carboxylic acids is 2. The summed E-state index contributed by atoms with van der Waals surface area (Å²) in [4.78, 5) is 32.4. The Morgan fingerprint density at radius 2 is 1.81 bits per heavy atom. The normalized spacial score (nSPS) is 19.9. The van der Waals surface area contributed by atoms with E-state index < -0.39 is 5.25 Å². The summed E-state index contributed by atoms with van der Waals surface area (Å²) < 4.78 is 0. The lowest BCUT2D eigenvalue weighted by atomic mass is 10.1. The molecule has 1 N–H and O–H groups in total. The van der Waals surface area contributed by atoms with E-state index in [1.165, 1.54) is 11.8 Å². The first kappa shape index (κ1) is 19.8. The number of nitrogens with zero attached hydrogens (tertiary/aromatic N) is 2. The Morgan fingerprint density at radius 1 is 1.06 bits per heavy atom. The molecule has 2 aliphatic rings. The fourth-order valence-electron chi connectivity index (χ4n) is 3.80. The van der Waals surface area contributed by atoms with Gasteiger partial charge in [-0.25, -0.2) is 4.99 Å². The minimum atomic E-state index is -0.441. The van der Waals surface area contributed by atoms with E-state index in [0.29, 0.717) is 5.17 Å². The zero-order chi connectivity index (χ0) is 21.4. The minimum Gasteiger partial charge on any atom is -0.326 e. The van der Waals surface area contributed by atoms with E-state index in [4.69, 9.17) is 4.99 Å². The third-order valence-corrected chi connectivity index (χ3v) is 6.77. The first-order valence-electron chi connectivity index (χ1n) is 10.5. The van der Waals surface area contributed by atoms with E-state index in [9.17, 15) is 9.59 Å². The quantitative estimate of drug-likeness (QED) is 0.601. The molecule has 5 nitrogen and oxygen atoms in total. The molecule has 1 saturated carbocycles. The van der Waals surface area contributed by atoms with Crippen molar-refractivity contribution in [2.75, 3.05) is 5.32 Å². The lowest BCUT2D eigenvalue weighted by Gasteiger charge is -2.15. The summed E-state index contributed by atoms with van der Waals surface area (Å²) in [6, 6.07) is 22.0. The number of rotatable bonds is 5. The maximum atomic E-state index is 13.1. The molecule has 1 unspecified atom stereocenters. The molecule has 0 spiro atoms. The highest BCUT2D eigenvalue weighted by molar-refractivity contribution is 8.15. The van der Waals surface area contributed by atoms with Gasteiger partial charge in [-0.05, 0) is 54.3 Å².